The maximum Gasteiger partial charge on any atom is 0.269 e. The first-order valence-electron chi connectivity index (χ1n) is 7.10. The second-order valence-electron chi connectivity index (χ2n) is 5.02. The highest BCUT2D eigenvalue weighted by Gasteiger charge is 2.13. The Labute approximate surface area is 129 Å². The van der Waals surface area contributed by atoms with Crippen LogP contribution in [0.2, 0.25) is 5.15 Å². The Morgan fingerprint density at radius 1 is 1.43 bits per heavy atom. The van der Waals surface area contributed by atoms with Crippen LogP contribution in [-0.2, 0) is 0 Å². The highest BCUT2D eigenvalue weighted by atomic mass is 35.5. The van der Waals surface area contributed by atoms with Crippen LogP contribution in [0.3, 0.4) is 0 Å². The van der Waals surface area contributed by atoms with Crippen molar-refractivity contribution < 1.29 is 9.90 Å². The molecular weight excluding hydrogens is 288 g/mol. The summed E-state index contributed by atoms with van der Waals surface area (Å²) in [5, 5.41) is 13.9. The number of benzene rings is 1. The van der Waals surface area contributed by atoms with Crippen LogP contribution in [-0.4, -0.2) is 29.1 Å². The molecule has 1 amide bonds. The molecule has 0 radical (unpaired) electrons. The predicted octanol–water partition coefficient (Wildman–Crippen LogP) is 3.03. The highest BCUT2D eigenvalue weighted by molar-refractivity contribution is 6.34. The van der Waals surface area contributed by atoms with Gasteiger partial charge in [-0.3, -0.25) is 4.79 Å². The molecule has 1 aromatic carbocycles. The van der Waals surface area contributed by atoms with Crippen molar-refractivity contribution in [2.24, 2.45) is 5.92 Å². The summed E-state index contributed by atoms with van der Waals surface area (Å²) < 4.78 is 0. The van der Waals surface area contributed by atoms with Gasteiger partial charge in [-0.15, -0.1) is 0 Å². The van der Waals surface area contributed by atoms with E-state index in [0.717, 1.165) is 17.2 Å². The molecule has 0 aliphatic heterocycles. The summed E-state index contributed by atoms with van der Waals surface area (Å²) in [5.41, 5.74) is 0.317. The van der Waals surface area contributed by atoms with E-state index < -0.39 is 0 Å². The van der Waals surface area contributed by atoms with Gasteiger partial charge in [-0.2, -0.15) is 0 Å². The topological polar surface area (TPSA) is 62.2 Å². The van der Waals surface area contributed by atoms with Gasteiger partial charge in [0.25, 0.3) is 5.91 Å². The average molecular weight is 307 g/mol. The fourth-order valence-corrected chi connectivity index (χ4v) is 2.50. The van der Waals surface area contributed by atoms with E-state index in [2.05, 4.69) is 10.3 Å². The van der Waals surface area contributed by atoms with Crippen molar-refractivity contribution in [2.45, 2.75) is 19.8 Å². The number of fused-ring (bicyclic) bond motifs is 1. The number of aliphatic hydroxyl groups excluding tert-OH is 1. The van der Waals surface area contributed by atoms with Crippen LogP contribution in [0.5, 0.6) is 0 Å². The molecule has 2 aromatic rings. The Bertz CT molecular complexity index is 631. The van der Waals surface area contributed by atoms with Crippen LogP contribution in [0, 0.1) is 5.92 Å². The van der Waals surface area contributed by atoms with E-state index in [4.69, 9.17) is 16.7 Å². The van der Waals surface area contributed by atoms with Crippen LogP contribution in [0.25, 0.3) is 10.8 Å². The monoisotopic (exact) mass is 306 g/mol. The summed E-state index contributed by atoms with van der Waals surface area (Å²) in [6.45, 7) is 2.70. The Kier molecular flexibility index (Phi) is 5.53. The lowest BCUT2D eigenvalue weighted by Crippen LogP contribution is -2.30. The number of carbonyl (C=O) groups excluding carboxylic acids is 1. The molecule has 21 heavy (non-hydrogen) atoms. The number of amides is 1. The summed E-state index contributed by atoms with van der Waals surface area (Å²) in [5.74, 6) is 0.0360. The zero-order valence-corrected chi connectivity index (χ0v) is 12.7. The first-order valence-corrected chi connectivity index (χ1v) is 7.47. The van der Waals surface area contributed by atoms with E-state index in [1.165, 1.54) is 0 Å². The largest absolute Gasteiger partial charge is 0.396 e. The quantitative estimate of drug-likeness (QED) is 0.806. The molecule has 0 bridgehead atoms. The lowest BCUT2D eigenvalue weighted by molar-refractivity contribution is 0.0939. The normalized spacial score (nSPS) is 12.3. The minimum atomic E-state index is -0.237. The van der Waals surface area contributed by atoms with Crippen LogP contribution < -0.4 is 5.32 Å². The van der Waals surface area contributed by atoms with Gasteiger partial charge in [-0.1, -0.05) is 49.2 Å². The fraction of sp³-hybridized carbons (Fsp3) is 0.375. The Morgan fingerprint density at radius 3 is 2.90 bits per heavy atom. The molecular formula is C16H19ClN2O2. The Morgan fingerprint density at radius 2 is 2.19 bits per heavy atom. The van der Waals surface area contributed by atoms with E-state index >= 15 is 0 Å². The third kappa shape index (κ3) is 3.93. The number of hydrogen-bond acceptors (Lipinski definition) is 3. The van der Waals surface area contributed by atoms with Crippen molar-refractivity contribution in [1.29, 1.82) is 0 Å². The minimum Gasteiger partial charge on any atom is -0.396 e. The standard InChI is InChI=1S/C16H19ClN2O2/c1-2-11(7-8-20)10-18-16(21)14-9-12-5-3-4-6-13(12)15(17)19-14/h3-6,9,11,20H,2,7-8,10H2,1H3,(H,18,21). The van der Waals surface area contributed by atoms with Crippen LogP contribution in [0.15, 0.2) is 30.3 Å². The molecule has 2 rings (SSSR count). The number of rotatable bonds is 6. The first-order chi connectivity index (χ1) is 10.2. The molecule has 0 aliphatic rings. The second-order valence-corrected chi connectivity index (χ2v) is 5.37. The predicted molar refractivity (Wildman–Crippen MR) is 84.6 cm³/mol. The zero-order valence-electron chi connectivity index (χ0n) is 12.0. The molecule has 4 nitrogen and oxygen atoms in total. The summed E-state index contributed by atoms with van der Waals surface area (Å²) in [6.07, 6.45) is 1.59. The van der Waals surface area contributed by atoms with Gasteiger partial charge >= 0.3 is 0 Å². The van der Waals surface area contributed by atoms with Gasteiger partial charge in [0.2, 0.25) is 0 Å². The van der Waals surface area contributed by atoms with E-state index in [9.17, 15) is 4.79 Å². The highest BCUT2D eigenvalue weighted by Crippen LogP contribution is 2.22. The van der Waals surface area contributed by atoms with Crippen molar-refractivity contribution >= 4 is 28.3 Å². The third-order valence-corrected chi connectivity index (χ3v) is 3.88. The van der Waals surface area contributed by atoms with Gasteiger partial charge in [-0.25, -0.2) is 4.98 Å². The van der Waals surface area contributed by atoms with Crippen molar-refractivity contribution in [2.75, 3.05) is 13.2 Å². The van der Waals surface area contributed by atoms with Gasteiger partial charge in [0.15, 0.2) is 0 Å². The van der Waals surface area contributed by atoms with Crippen LogP contribution >= 0.6 is 11.6 Å². The summed E-state index contributed by atoms with van der Waals surface area (Å²) in [7, 11) is 0. The summed E-state index contributed by atoms with van der Waals surface area (Å²) in [6, 6.07) is 9.30. The average Bonchev–Trinajstić information content (AvgIpc) is 2.51. The van der Waals surface area contributed by atoms with Crippen molar-refractivity contribution in [3.05, 3.63) is 41.2 Å². The summed E-state index contributed by atoms with van der Waals surface area (Å²) >= 11 is 6.12. The van der Waals surface area contributed by atoms with Gasteiger partial charge in [0.1, 0.15) is 10.8 Å². The molecule has 0 saturated heterocycles. The van der Waals surface area contributed by atoms with Crippen LogP contribution in [0.4, 0.5) is 0 Å². The van der Waals surface area contributed by atoms with Crippen molar-refractivity contribution in [3.8, 4) is 0 Å². The minimum absolute atomic E-state index is 0.133. The Hall–Kier alpha value is -1.65. The molecule has 1 aromatic heterocycles. The summed E-state index contributed by atoms with van der Waals surface area (Å²) in [4.78, 5) is 16.3. The Balaban J connectivity index is 2.12. The molecule has 0 saturated carbocycles. The van der Waals surface area contributed by atoms with Crippen molar-refractivity contribution in [3.63, 3.8) is 0 Å². The second kappa shape index (κ2) is 7.38. The van der Waals surface area contributed by atoms with Crippen LogP contribution in [0.1, 0.15) is 30.3 Å². The van der Waals surface area contributed by atoms with Crippen molar-refractivity contribution in [1.82, 2.24) is 10.3 Å². The number of carbonyl (C=O) groups is 1. The number of nitrogens with one attached hydrogen (secondary N) is 1. The fourth-order valence-electron chi connectivity index (χ4n) is 2.23. The smallest absolute Gasteiger partial charge is 0.269 e. The van der Waals surface area contributed by atoms with E-state index in [1.54, 1.807) is 6.07 Å². The molecule has 1 unspecified atom stereocenters. The number of nitrogens with zero attached hydrogens (tertiary/aromatic N) is 1. The van der Waals surface area contributed by atoms with Gasteiger partial charge in [0.05, 0.1) is 0 Å². The maximum absolute atomic E-state index is 12.2. The molecule has 0 spiro atoms. The molecule has 0 fully saturated rings. The van der Waals surface area contributed by atoms with Gasteiger partial charge < -0.3 is 10.4 Å². The first kappa shape index (κ1) is 15.7. The van der Waals surface area contributed by atoms with Gasteiger partial charge in [-0.05, 0) is 23.8 Å². The zero-order chi connectivity index (χ0) is 15.2. The van der Waals surface area contributed by atoms with Gasteiger partial charge in [0, 0.05) is 18.5 Å². The SMILES string of the molecule is CCC(CCO)CNC(=O)c1cc2ccccc2c(Cl)n1. The van der Waals surface area contributed by atoms with E-state index in [1.807, 2.05) is 31.2 Å². The molecule has 0 aliphatic carbocycles. The number of pyridine rings is 1. The lowest BCUT2D eigenvalue weighted by Gasteiger charge is -2.14. The number of halogens is 1. The number of aliphatic hydroxyl groups is 1. The van der Waals surface area contributed by atoms with E-state index in [-0.39, 0.29) is 18.4 Å². The molecule has 5 heteroatoms. The number of aromatic nitrogens is 1. The maximum atomic E-state index is 12.2. The molecule has 112 valence electrons. The molecule has 1 atom stereocenters. The number of hydrogen-bond donors (Lipinski definition) is 2. The molecule has 1 heterocycles. The lowest BCUT2D eigenvalue weighted by atomic mass is 10.0. The molecule has 2 N–H and O–H groups in total. The van der Waals surface area contributed by atoms with E-state index in [0.29, 0.717) is 23.8 Å². The third-order valence-electron chi connectivity index (χ3n) is 3.59.